The van der Waals surface area contributed by atoms with Crippen LogP contribution in [0.15, 0.2) is 36.7 Å². The van der Waals surface area contributed by atoms with Gasteiger partial charge in [-0.25, -0.2) is 9.97 Å². The van der Waals surface area contributed by atoms with Gasteiger partial charge in [0.1, 0.15) is 17.0 Å². The molecule has 5 nitrogen and oxygen atoms in total. The van der Waals surface area contributed by atoms with Crippen LogP contribution >= 0.6 is 11.3 Å². The van der Waals surface area contributed by atoms with Crippen LogP contribution in [0.5, 0.6) is 0 Å². The molecule has 2 aromatic heterocycles. The molecular weight excluding hydrogens is 320 g/mol. The lowest BCUT2D eigenvalue weighted by Crippen LogP contribution is -2.22. The number of nitrogens with zero attached hydrogens (tertiary/aromatic N) is 2. The van der Waals surface area contributed by atoms with E-state index in [-0.39, 0.29) is 6.04 Å². The third-order valence-corrected chi connectivity index (χ3v) is 5.49. The van der Waals surface area contributed by atoms with Crippen LogP contribution < -0.4 is 10.6 Å². The van der Waals surface area contributed by atoms with Crippen molar-refractivity contribution >= 4 is 27.4 Å². The Morgan fingerprint density at radius 1 is 1.29 bits per heavy atom. The van der Waals surface area contributed by atoms with Gasteiger partial charge >= 0.3 is 0 Å². The summed E-state index contributed by atoms with van der Waals surface area (Å²) in [6, 6.07) is 10.4. The van der Waals surface area contributed by atoms with Crippen molar-refractivity contribution in [1.82, 2.24) is 15.3 Å². The number of methoxy groups -OCH3 is 1. The highest BCUT2D eigenvalue weighted by Crippen LogP contribution is 2.36. The zero-order valence-electron chi connectivity index (χ0n) is 13.6. The quantitative estimate of drug-likeness (QED) is 0.747. The second kappa shape index (κ2) is 6.84. The normalized spacial score (nSPS) is 15.2. The Bertz CT molecular complexity index is 834. The molecule has 24 heavy (non-hydrogen) atoms. The van der Waals surface area contributed by atoms with E-state index < -0.39 is 0 Å². The first kappa shape index (κ1) is 15.5. The van der Waals surface area contributed by atoms with Crippen LogP contribution in [0, 0.1) is 0 Å². The van der Waals surface area contributed by atoms with Gasteiger partial charge in [0.05, 0.1) is 18.0 Å². The van der Waals surface area contributed by atoms with Crippen molar-refractivity contribution in [2.45, 2.75) is 19.0 Å². The maximum atomic E-state index is 5.42. The average Bonchev–Trinajstić information content (AvgIpc) is 3.01. The molecular formula is C18H20N4OS. The number of nitrogens with one attached hydrogen (secondary N) is 2. The minimum absolute atomic E-state index is 0.0616. The molecule has 1 unspecified atom stereocenters. The van der Waals surface area contributed by atoms with Crippen LogP contribution in [0.1, 0.15) is 22.0 Å². The first-order valence-corrected chi connectivity index (χ1v) is 8.95. The number of hydrogen-bond donors (Lipinski definition) is 2. The molecule has 0 bridgehead atoms. The molecule has 1 aliphatic heterocycles. The summed E-state index contributed by atoms with van der Waals surface area (Å²) in [4.78, 5) is 11.5. The van der Waals surface area contributed by atoms with Crippen molar-refractivity contribution < 1.29 is 4.74 Å². The van der Waals surface area contributed by atoms with E-state index in [0.717, 1.165) is 30.2 Å². The lowest BCUT2D eigenvalue weighted by molar-refractivity contribution is 0.186. The van der Waals surface area contributed by atoms with E-state index >= 15 is 0 Å². The third-order valence-electron chi connectivity index (χ3n) is 4.35. The number of hydrogen-bond acceptors (Lipinski definition) is 6. The van der Waals surface area contributed by atoms with Crippen LogP contribution in [0.2, 0.25) is 0 Å². The van der Waals surface area contributed by atoms with Gasteiger partial charge in [-0.05, 0) is 24.1 Å². The topological polar surface area (TPSA) is 59.1 Å². The number of aromatic nitrogens is 2. The van der Waals surface area contributed by atoms with Gasteiger partial charge in [-0.2, -0.15) is 0 Å². The predicted molar refractivity (Wildman–Crippen MR) is 97.5 cm³/mol. The number of ether oxygens (including phenoxy) is 1. The van der Waals surface area contributed by atoms with E-state index in [9.17, 15) is 0 Å². The summed E-state index contributed by atoms with van der Waals surface area (Å²) >= 11 is 1.77. The van der Waals surface area contributed by atoms with Crippen molar-refractivity contribution in [3.63, 3.8) is 0 Å². The molecule has 0 spiro atoms. The van der Waals surface area contributed by atoms with Gasteiger partial charge in [-0.15, -0.1) is 11.3 Å². The number of rotatable bonds is 5. The smallest absolute Gasteiger partial charge is 0.139 e. The summed E-state index contributed by atoms with van der Waals surface area (Å²) in [6.07, 6.45) is 2.67. The van der Waals surface area contributed by atoms with Gasteiger partial charge in [0.2, 0.25) is 0 Å². The van der Waals surface area contributed by atoms with Crippen molar-refractivity contribution in [3.05, 3.63) is 52.7 Å². The highest BCUT2D eigenvalue weighted by molar-refractivity contribution is 7.18. The summed E-state index contributed by atoms with van der Waals surface area (Å²) in [6.45, 7) is 2.52. The molecule has 6 heteroatoms. The van der Waals surface area contributed by atoms with Crippen LogP contribution in [0.3, 0.4) is 0 Å². The van der Waals surface area contributed by atoms with E-state index in [1.165, 1.54) is 21.4 Å². The lowest BCUT2D eigenvalue weighted by Gasteiger charge is -2.20. The van der Waals surface area contributed by atoms with E-state index in [1.54, 1.807) is 24.8 Å². The SMILES string of the molecule is COCC(Nc1ncnc2sc3c(c12)CCNC3)c1ccccc1. The largest absolute Gasteiger partial charge is 0.382 e. The third kappa shape index (κ3) is 2.88. The van der Waals surface area contributed by atoms with Gasteiger partial charge in [0, 0.05) is 18.5 Å². The fourth-order valence-electron chi connectivity index (χ4n) is 3.21. The fourth-order valence-corrected chi connectivity index (χ4v) is 4.36. The number of anilines is 1. The summed E-state index contributed by atoms with van der Waals surface area (Å²) in [5.74, 6) is 0.908. The number of fused-ring (bicyclic) bond motifs is 3. The Morgan fingerprint density at radius 2 is 2.17 bits per heavy atom. The molecule has 2 N–H and O–H groups in total. The monoisotopic (exact) mass is 340 g/mol. The van der Waals surface area contributed by atoms with Crippen LogP contribution in [-0.4, -0.2) is 30.2 Å². The van der Waals surface area contributed by atoms with Crippen molar-refractivity contribution in [3.8, 4) is 0 Å². The predicted octanol–water partition coefficient (Wildman–Crippen LogP) is 3.14. The van der Waals surface area contributed by atoms with Crippen LogP contribution in [0.25, 0.3) is 10.2 Å². The molecule has 0 amide bonds. The molecule has 0 fully saturated rings. The van der Waals surface area contributed by atoms with Gasteiger partial charge in [-0.1, -0.05) is 30.3 Å². The van der Waals surface area contributed by atoms with E-state index in [2.05, 4.69) is 32.7 Å². The summed E-state index contributed by atoms with van der Waals surface area (Å²) in [7, 11) is 1.73. The Hall–Kier alpha value is -2.02. The number of benzene rings is 1. The average molecular weight is 340 g/mol. The number of thiophene rings is 1. The summed E-state index contributed by atoms with van der Waals surface area (Å²) < 4.78 is 5.42. The van der Waals surface area contributed by atoms with Crippen molar-refractivity contribution in [2.24, 2.45) is 0 Å². The molecule has 0 aliphatic carbocycles. The summed E-state index contributed by atoms with van der Waals surface area (Å²) in [5, 5.41) is 8.19. The minimum Gasteiger partial charge on any atom is -0.382 e. The van der Waals surface area contributed by atoms with Gasteiger partial charge in [0.15, 0.2) is 0 Å². The second-order valence-corrected chi connectivity index (χ2v) is 6.98. The Labute approximate surface area is 145 Å². The van der Waals surface area contributed by atoms with Crippen molar-refractivity contribution in [1.29, 1.82) is 0 Å². The zero-order chi connectivity index (χ0) is 16.4. The summed E-state index contributed by atoms with van der Waals surface area (Å²) in [5.41, 5.74) is 2.58. The van der Waals surface area contributed by atoms with Crippen LogP contribution in [-0.2, 0) is 17.7 Å². The highest BCUT2D eigenvalue weighted by Gasteiger charge is 2.21. The lowest BCUT2D eigenvalue weighted by atomic mass is 10.0. The molecule has 3 aromatic rings. The fraction of sp³-hybridized carbons (Fsp3) is 0.333. The van der Waals surface area contributed by atoms with Gasteiger partial charge in [-0.3, -0.25) is 0 Å². The standard InChI is InChI=1S/C18H20N4OS/c1-23-10-14(12-5-3-2-4-6-12)22-17-16-13-7-8-19-9-15(13)24-18(16)21-11-20-17/h2-6,11,14,19H,7-10H2,1H3,(H,20,21,22). The highest BCUT2D eigenvalue weighted by atomic mass is 32.1. The molecule has 0 saturated heterocycles. The second-order valence-electron chi connectivity index (χ2n) is 5.90. The van der Waals surface area contributed by atoms with Gasteiger partial charge in [0.25, 0.3) is 0 Å². The molecule has 4 rings (SSSR count). The Kier molecular flexibility index (Phi) is 4.42. The molecule has 1 aliphatic rings. The Balaban J connectivity index is 1.74. The van der Waals surface area contributed by atoms with E-state index in [0.29, 0.717) is 6.61 Å². The molecule has 3 heterocycles. The maximum absolute atomic E-state index is 5.42. The van der Waals surface area contributed by atoms with Crippen LogP contribution in [0.4, 0.5) is 5.82 Å². The van der Waals surface area contributed by atoms with E-state index in [1.807, 2.05) is 18.2 Å². The van der Waals surface area contributed by atoms with Gasteiger partial charge < -0.3 is 15.4 Å². The molecule has 0 saturated carbocycles. The maximum Gasteiger partial charge on any atom is 0.139 e. The molecule has 124 valence electrons. The molecule has 0 radical (unpaired) electrons. The zero-order valence-corrected chi connectivity index (χ0v) is 14.4. The molecule has 1 atom stereocenters. The minimum atomic E-state index is 0.0616. The van der Waals surface area contributed by atoms with Crippen molar-refractivity contribution in [2.75, 3.05) is 25.6 Å². The first-order chi connectivity index (χ1) is 11.9. The first-order valence-electron chi connectivity index (χ1n) is 8.13. The molecule has 1 aromatic carbocycles. The Morgan fingerprint density at radius 3 is 3.00 bits per heavy atom. The van der Waals surface area contributed by atoms with E-state index in [4.69, 9.17) is 4.74 Å².